The van der Waals surface area contributed by atoms with E-state index < -0.39 is 0 Å². The molecule has 1 heterocycles. The first-order valence-electron chi connectivity index (χ1n) is 4.28. The number of aryl methyl sites for hydroxylation is 1. The van der Waals surface area contributed by atoms with Crippen molar-refractivity contribution in [3.8, 4) is 0 Å². The van der Waals surface area contributed by atoms with Gasteiger partial charge in [-0.05, 0) is 24.8 Å². The molecule has 12 heavy (non-hydrogen) atoms. The lowest BCUT2D eigenvalue weighted by molar-refractivity contribution is 0.0970. The maximum atomic E-state index is 11.4. The molecule has 1 aliphatic carbocycles. The van der Waals surface area contributed by atoms with Crippen molar-refractivity contribution < 1.29 is 4.79 Å². The highest BCUT2D eigenvalue weighted by Crippen LogP contribution is 2.33. The Morgan fingerprint density at radius 1 is 1.75 bits per heavy atom. The van der Waals surface area contributed by atoms with Crippen molar-refractivity contribution in [1.29, 1.82) is 0 Å². The Labute approximate surface area is 71.4 Å². The van der Waals surface area contributed by atoms with E-state index in [1.165, 1.54) is 12.8 Å². The normalized spacial score (nSPS) is 16.4. The molecule has 2 rings (SSSR count). The summed E-state index contributed by atoms with van der Waals surface area (Å²) in [5.74, 6) is 0.845. The summed E-state index contributed by atoms with van der Waals surface area (Å²) in [6.07, 6.45) is 4.94. The molecule has 3 heteroatoms. The lowest BCUT2D eigenvalue weighted by Crippen LogP contribution is -2.02. The zero-order valence-electron chi connectivity index (χ0n) is 7.16. The van der Waals surface area contributed by atoms with Gasteiger partial charge < -0.3 is 0 Å². The molecule has 0 amide bonds. The number of ketones is 1. The summed E-state index contributed by atoms with van der Waals surface area (Å²) in [6.45, 7) is 0. The molecule has 0 N–H and O–H groups in total. The molecule has 0 saturated heterocycles. The number of nitrogens with zero attached hydrogens (tertiary/aromatic N) is 2. The van der Waals surface area contributed by atoms with Gasteiger partial charge in [0.2, 0.25) is 0 Å². The van der Waals surface area contributed by atoms with Crippen molar-refractivity contribution in [2.45, 2.75) is 19.3 Å². The Hall–Kier alpha value is -1.12. The van der Waals surface area contributed by atoms with E-state index in [9.17, 15) is 4.79 Å². The highest BCUT2D eigenvalue weighted by atomic mass is 16.1. The van der Waals surface area contributed by atoms with Gasteiger partial charge in [0.1, 0.15) is 5.69 Å². The Bertz CT molecular complexity index is 299. The molecular weight excluding hydrogens is 152 g/mol. The monoisotopic (exact) mass is 164 g/mol. The zero-order chi connectivity index (χ0) is 8.55. The highest BCUT2D eigenvalue weighted by Gasteiger charge is 2.25. The van der Waals surface area contributed by atoms with Crippen molar-refractivity contribution in [3.63, 3.8) is 0 Å². The predicted molar refractivity (Wildman–Crippen MR) is 44.9 cm³/mol. The zero-order valence-corrected chi connectivity index (χ0v) is 7.16. The van der Waals surface area contributed by atoms with Gasteiger partial charge in [-0.1, -0.05) is 0 Å². The molecule has 1 aliphatic rings. The predicted octanol–water partition coefficient (Wildman–Crippen LogP) is 1.40. The van der Waals surface area contributed by atoms with E-state index in [1.807, 2.05) is 7.05 Å². The number of hydrogen-bond donors (Lipinski definition) is 0. The van der Waals surface area contributed by atoms with Crippen molar-refractivity contribution >= 4 is 5.78 Å². The SMILES string of the molecule is Cn1ccc(C(=O)CC2CC2)n1. The Morgan fingerprint density at radius 3 is 3.00 bits per heavy atom. The molecule has 3 nitrogen and oxygen atoms in total. The number of rotatable bonds is 3. The van der Waals surface area contributed by atoms with Crippen LogP contribution in [0.3, 0.4) is 0 Å². The van der Waals surface area contributed by atoms with E-state index in [0.717, 1.165) is 0 Å². The lowest BCUT2D eigenvalue weighted by Gasteiger charge is -1.92. The molecule has 1 fully saturated rings. The number of Topliss-reactive ketones (excluding diaryl/α,β-unsaturated/α-hetero) is 1. The fourth-order valence-electron chi connectivity index (χ4n) is 1.25. The van der Waals surface area contributed by atoms with Gasteiger partial charge in [0.05, 0.1) is 0 Å². The third kappa shape index (κ3) is 1.55. The molecule has 0 radical (unpaired) electrons. The Kier molecular flexibility index (Phi) is 1.71. The van der Waals surface area contributed by atoms with Crippen molar-refractivity contribution in [1.82, 2.24) is 9.78 Å². The average molecular weight is 164 g/mol. The van der Waals surface area contributed by atoms with Crippen LogP contribution in [0.2, 0.25) is 0 Å². The molecule has 1 aromatic rings. The summed E-state index contributed by atoms with van der Waals surface area (Å²) < 4.78 is 1.67. The largest absolute Gasteiger partial charge is 0.292 e. The van der Waals surface area contributed by atoms with Crippen LogP contribution in [0.25, 0.3) is 0 Å². The molecule has 0 unspecified atom stereocenters. The first kappa shape index (κ1) is 7.53. The van der Waals surface area contributed by atoms with E-state index in [1.54, 1.807) is 16.9 Å². The minimum atomic E-state index is 0.193. The molecule has 64 valence electrons. The van der Waals surface area contributed by atoms with Crippen molar-refractivity contribution in [2.75, 3.05) is 0 Å². The van der Waals surface area contributed by atoms with Crippen LogP contribution in [0, 0.1) is 5.92 Å². The molecule has 0 aromatic carbocycles. The van der Waals surface area contributed by atoms with Crippen LogP contribution >= 0.6 is 0 Å². The topological polar surface area (TPSA) is 34.9 Å². The van der Waals surface area contributed by atoms with E-state index >= 15 is 0 Å². The third-order valence-corrected chi connectivity index (χ3v) is 2.17. The first-order valence-corrected chi connectivity index (χ1v) is 4.28. The van der Waals surface area contributed by atoms with Gasteiger partial charge in [-0.15, -0.1) is 0 Å². The molecule has 0 aliphatic heterocycles. The van der Waals surface area contributed by atoms with Crippen LogP contribution in [0.4, 0.5) is 0 Å². The first-order chi connectivity index (χ1) is 5.75. The lowest BCUT2D eigenvalue weighted by atomic mass is 10.1. The second-order valence-corrected chi connectivity index (χ2v) is 3.45. The quantitative estimate of drug-likeness (QED) is 0.633. The molecule has 0 spiro atoms. The average Bonchev–Trinajstić information content (AvgIpc) is 2.72. The van der Waals surface area contributed by atoms with Crippen LogP contribution in [-0.4, -0.2) is 15.6 Å². The maximum Gasteiger partial charge on any atom is 0.183 e. The molecule has 1 aromatic heterocycles. The van der Waals surface area contributed by atoms with Gasteiger partial charge in [-0.3, -0.25) is 9.48 Å². The van der Waals surface area contributed by atoms with E-state index in [-0.39, 0.29) is 5.78 Å². The molecule has 0 bridgehead atoms. The molecule has 0 atom stereocenters. The van der Waals surface area contributed by atoms with Crippen LogP contribution in [0.5, 0.6) is 0 Å². The summed E-state index contributed by atoms with van der Waals surface area (Å²) in [5.41, 5.74) is 0.615. The van der Waals surface area contributed by atoms with Crippen molar-refractivity contribution in [3.05, 3.63) is 18.0 Å². The minimum Gasteiger partial charge on any atom is -0.292 e. The fourth-order valence-corrected chi connectivity index (χ4v) is 1.25. The van der Waals surface area contributed by atoms with E-state index in [4.69, 9.17) is 0 Å². The standard InChI is InChI=1S/C9H12N2O/c1-11-5-4-8(10-11)9(12)6-7-2-3-7/h4-5,7H,2-3,6H2,1H3. The van der Waals surface area contributed by atoms with Crippen LogP contribution < -0.4 is 0 Å². The van der Waals surface area contributed by atoms with Crippen molar-refractivity contribution in [2.24, 2.45) is 13.0 Å². The number of carbonyl (C=O) groups excluding carboxylic acids is 1. The van der Waals surface area contributed by atoms with Gasteiger partial charge in [0.15, 0.2) is 5.78 Å². The summed E-state index contributed by atoms with van der Waals surface area (Å²) in [7, 11) is 1.83. The van der Waals surface area contributed by atoms with E-state index in [0.29, 0.717) is 18.0 Å². The summed E-state index contributed by atoms with van der Waals surface area (Å²) in [5, 5.41) is 4.06. The summed E-state index contributed by atoms with van der Waals surface area (Å²) >= 11 is 0. The Morgan fingerprint density at radius 2 is 2.50 bits per heavy atom. The smallest absolute Gasteiger partial charge is 0.183 e. The maximum absolute atomic E-state index is 11.4. The summed E-state index contributed by atoms with van der Waals surface area (Å²) in [4.78, 5) is 11.4. The number of hydrogen-bond acceptors (Lipinski definition) is 2. The van der Waals surface area contributed by atoms with E-state index in [2.05, 4.69) is 5.10 Å². The number of carbonyl (C=O) groups is 1. The van der Waals surface area contributed by atoms with Crippen LogP contribution in [0.15, 0.2) is 12.3 Å². The highest BCUT2D eigenvalue weighted by molar-refractivity contribution is 5.94. The van der Waals surface area contributed by atoms with Gasteiger partial charge >= 0.3 is 0 Å². The second-order valence-electron chi connectivity index (χ2n) is 3.45. The minimum absolute atomic E-state index is 0.193. The Balaban J connectivity index is 2.03. The van der Waals surface area contributed by atoms with Gasteiger partial charge in [-0.25, -0.2) is 0 Å². The molecule has 1 saturated carbocycles. The van der Waals surface area contributed by atoms with Gasteiger partial charge in [-0.2, -0.15) is 5.10 Å². The summed E-state index contributed by atoms with van der Waals surface area (Å²) in [6, 6.07) is 1.78. The van der Waals surface area contributed by atoms with Crippen LogP contribution in [-0.2, 0) is 7.05 Å². The fraction of sp³-hybridized carbons (Fsp3) is 0.556. The third-order valence-electron chi connectivity index (χ3n) is 2.17. The van der Waals surface area contributed by atoms with Gasteiger partial charge in [0.25, 0.3) is 0 Å². The molecular formula is C9H12N2O. The van der Waals surface area contributed by atoms with Gasteiger partial charge in [0, 0.05) is 19.7 Å². The van der Waals surface area contributed by atoms with Crippen LogP contribution in [0.1, 0.15) is 29.8 Å². The second kappa shape index (κ2) is 2.73. The number of aromatic nitrogens is 2.